The second-order valence-electron chi connectivity index (χ2n) is 5.71. The number of aromatic nitrogens is 2. The minimum absolute atomic E-state index is 0.182. The molecule has 3 rings (SSSR count). The highest BCUT2D eigenvalue weighted by molar-refractivity contribution is 6.07. The number of rotatable bonds is 6. The molecule has 0 aliphatic heterocycles. The Bertz CT molecular complexity index is 790. The van der Waals surface area contributed by atoms with Gasteiger partial charge in [0.25, 0.3) is 5.91 Å². The van der Waals surface area contributed by atoms with Crippen molar-refractivity contribution in [3.8, 4) is 0 Å². The lowest BCUT2D eigenvalue weighted by Gasteiger charge is -2.07. The van der Waals surface area contributed by atoms with E-state index in [9.17, 15) is 4.79 Å². The zero-order chi connectivity index (χ0) is 16.1. The van der Waals surface area contributed by atoms with Crippen LogP contribution in [0.2, 0.25) is 0 Å². The summed E-state index contributed by atoms with van der Waals surface area (Å²) < 4.78 is 0. The highest BCUT2D eigenvalue weighted by Crippen LogP contribution is 2.22. The van der Waals surface area contributed by atoms with E-state index in [1.807, 2.05) is 36.5 Å². The van der Waals surface area contributed by atoms with Gasteiger partial charge in [0, 0.05) is 23.3 Å². The van der Waals surface area contributed by atoms with Crippen LogP contribution >= 0.6 is 0 Å². The Hall–Kier alpha value is -2.62. The number of pyridine rings is 1. The minimum atomic E-state index is -0.182. The van der Waals surface area contributed by atoms with E-state index in [2.05, 4.69) is 22.2 Å². The normalized spacial score (nSPS) is 10.8. The van der Waals surface area contributed by atoms with Crippen LogP contribution in [0.5, 0.6) is 0 Å². The molecule has 0 aliphatic carbocycles. The van der Waals surface area contributed by atoms with E-state index in [4.69, 9.17) is 0 Å². The first-order chi connectivity index (χ1) is 11.3. The molecule has 0 spiro atoms. The van der Waals surface area contributed by atoms with Crippen molar-refractivity contribution < 1.29 is 4.79 Å². The van der Waals surface area contributed by atoms with Crippen molar-refractivity contribution in [1.82, 2.24) is 9.97 Å². The molecule has 0 aliphatic rings. The largest absolute Gasteiger partial charge is 0.361 e. The van der Waals surface area contributed by atoms with Crippen molar-refractivity contribution >= 4 is 22.5 Å². The van der Waals surface area contributed by atoms with Crippen molar-refractivity contribution in [2.24, 2.45) is 0 Å². The van der Waals surface area contributed by atoms with E-state index in [-0.39, 0.29) is 5.91 Å². The van der Waals surface area contributed by atoms with Gasteiger partial charge in [-0.05, 0) is 42.7 Å². The molecule has 4 nitrogen and oxygen atoms in total. The first-order valence-electron chi connectivity index (χ1n) is 8.10. The van der Waals surface area contributed by atoms with Gasteiger partial charge in [0.2, 0.25) is 0 Å². The summed E-state index contributed by atoms with van der Waals surface area (Å²) in [6, 6.07) is 11.5. The summed E-state index contributed by atoms with van der Waals surface area (Å²) in [6.45, 7) is 2.19. The molecule has 0 unspecified atom stereocenters. The van der Waals surface area contributed by atoms with Crippen LogP contribution in [-0.4, -0.2) is 15.9 Å². The number of benzene rings is 1. The van der Waals surface area contributed by atoms with Crippen LogP contribution in [-0.2, 0) is 6.42 Å². The van der Waals surface area contributed by atoms with Gasteiger partial charge in [-0.2, -0.15) is 0 Å². The van der Waals surface area contributed by atoms with Gasteiger partial charge in [-0.15, -0.1) is 0 Å². The summed E-state index contributed by atoms with van der Waals surface area (Å²) in [5.41, 5.74) is 3.42. The summed E-state index contributed by atoms with van der Waals surface area (Å²) in [6.07, 6.45) is 8.29. The Morgan fingerprint density at radius 3 is 2.87 bits per heavy atom. The topological polar surface area (TPSA) is 57.8 Å². The number of anilines is 1. The zero-order valence-corrected chi connectivity index (χ0v) is 13.3. The Balaban J connectivity index is 1.69. The molecule has 0 saturated carbocycles. The lowest BCUT2D eigenvalue weighted by atomic mass is 10.1. The number of carbonyl (C=O) groups is 1. The fourth-order valence-corrected chi connectivity index (χ4v) is 2.67. The van der Waals surface area contributed by atoms with E-state index in [0.717, 1.165) is 23.0 Å². The molecule has 1 amide bonds. The molecule has 4 heteroatoms. The maximum atomic E-state index is 12.4. The average Bonchev–Trinajstić information content (AvgIpc) is 3.05. The first kappa shape index (κ1) is 15.3. The third-order valence-corrected chi connectivity index (χ3v) is 3.97. The summed E-state index contributed by atoms with van der Waals surface area (Å²) in [7, 11) is 0. The molecule has 1 aromatic carbocycles. The number of aryl methyl sites for hydroxylation is 1. The van der Waals surface area contributed by atoms with Gasteiger partial charge in [0.15, 0.2) is 0 Å². The fraction of sp³-hybridized carbons (Fsp3) is 0.263. The van der Waals surface area contributed by atoms with Gasteiger partial charge in [0.05, 0.1) is 5.69 Å². The van der Waals surface area contributed by atoms with Crippen LogP contribution in [0.4, 0.5) is 5.69 Å². The Morgan fingerprint density at radius 1 is 1.17 bits per heavy atom. The number of carbonyl (C=O) groups excluding carboxylic acids is 1. The van der Waals surface area contributed by atoms with Crippen molar-refractivity contribution in [3.63, 3.8) is 0 Å². The Labute approximate surface area is 136 Å². The van der Waals surface area contributed by atoms with Gasteiger partial charge >= 0.3 is 0 Å². The molecule has 0 bridgehead atoms. The molecular weight excluding hydrogens is 286 g/mol. The molecule has 3 aromatic rings. The average molecular weight is 307 g/mol. The predicted molar refractivity (Wildman–Crippen MR) is 93.7 cm³/mol. The van der Waals surface area contributed by atoms with Crippen LogP contribution in [0.15, 0.2) is 48.8 Å². The molecule has 2 aromatic heterocycles. The number of nitrogens with zero attached hydrogens (tertiary/aromatic N) is 1. The number of nitrogens with one attached hydrogen (secondary N) is 2. The summed E-state index contributed by atoms with van der Waals surface area (Å²) in [5.74, 6) is -0.182. The number of fused-ring (bicyclic) bond motifs is 1. The monoisotopic (exact) mass is 307 g/mol. The molecule has 0 radical (unpaired) electrons. The fourth-order valence-electron chi connectivity index (χ4n) is 2.67. The van der Waals surface area contributed by atoms with Crippen LogP contribution in [0.25, 0.3) is 10.9 Å². The van der Waals surface area contributed by atoms with Crippen LogP contribution < -0.4 is 5.32 Å². The summed E-state index contributed by atoms with van der Waals surface area (Å²) in [4.78, 5) is 19.8. The van der Waals surface area contributed by atoms with E-state index in [1.54, 1.807) is 12.3 Å². The molecular formula is C19H21N3O. The summed E-state index contributed by atoms with van der Waals surface area (Å²) >= 11 is 0. The number of hydrogen-bond acceptors (Lipinski definition) is 2. The predicted octanol–water partition coefficient (Wildman–Crippen LogP) is 4.55. The lowest BCUT2D eigenvalue weighted by molar-refractivity contribution is 0.102. The van der Waals surface area contributed by atoms with Gasteiger partial charge in [-0.1, -0.05) is 31.9 Å². The molecule has 0 saturated heterocycles. The smallest absolute Gasteiger partial charge is 0.274 e. The molecule has 0 atom stereocenters. The van der Waals surface area contributed by atoms with Crippen molar-refractivity contribution in [2.45, 2.75) is 32.6 Å². The van der Waals surface area contributed by atoms with Crippen LogP contribution in [0.3, 0.4) is 0 Å². The second-order valence-corrected chi connectivity index (χ2v) is 5.71. The maximum Gasteiger partial charge on any atom is 0.274 e. The Morgan fingerprint density at radius 2 is 2.09 bits per heavy atom. The number of H-pyrrole nitrogens is 1. The van der Waals surface area contributed by atoms with Gasteiger partial charge in [-0.25, -0.2) is 0 Å². The van der Waals surface area contributed by atoms with Gasteiger partial charge < -0.3 is 10.3 Å². The van der Waals surface area contributed by atoms with Crippen molar-refractivity contribution in [3.05, 3.63) is 60.0 Å². The first-order valence-corrected chi connectivity index (χ1v) is 8.10. The Kier molecular flexibility index (Phi) is 4.71. The van der Waals surface area contributed by atoms with E-state index >= 15 is 0 Å². The quantitative estimate of drug-likeness (QED) is 0.656. The van der Waals surface area contributed by atoms with E-state index in [0.29, 0.717) is 5.69 Å². The van der Waals surface area contributed by atoms with E-state index in [1.165, 1.54) is 24.8 Å². The molecule has 23 heavy (non-hydrogen) atoms. The van der Waals surface area contributed by atoms with E-state index < -0.39 is 0 Å². The summed E-state index contributed by atoms with van der Waals surface area (Å²) in [5, 5.41) is 3.93. The molecule has 2 N–H and O–H groups in total. The zero-order valence-electron chi connectivity index (χ0n) is 13.3. The highest BCUT2D eigenvalue weighted by atomic mass is 16.1. The lowest BCUT2D eigenvalue weighted by Crippen LogP contribution is -2.13. The molecule has 0 fully saturated rings. The second kappa shape index (κ2) is 7.09. The maximum absolute atomic E-state index is 12.4. The highest BCUT2D eigenvalue weighted by Gasteiger charge is 2.10. The standard InChI is InChI=1S/C19H21N3O/c1-2-3-4-6-14-9-10-18(21-13-14)19(23)22-17-8-5-7-16-15(17)11-12-20-16/h5,7-13,20H,2-4,6H2,1H3,(H,22,23). The van der Waals surface area contributed by atoms with Crippen molar-refractivity contribution in [2.75, 3.05) is 5.32 Å². The number of hydrogen-bond donors (Lipinski definition) is 2. The van der Waals surface area contributed by atoms with Gasteiger partial charge in [0.1, 0.15) is 5.69 Å². The van der Waals surface area contributed by atoms with Crippen LogP contribution in [0, 0.1) is 0 Å². The third-order valence-electron chi connectivity index (χ3n) is 3.97. The molecule has 2 heterocycles. The minimum Gasteiger partial charge on any atom is -0.361 e. The van der Waals surface area contributed by atoms with Gasteiger partial charge in [-0.3, -0.25) is 9.78 Å². The number of unbranched alkanes of at least 4 members (excludes halogenated alkanes) is 2. The number of amides is 1. The third kappa shape index (κ3) is 3.59. The van der Waals surface area contributed by atoms with Crippen LogP contribution in [0.1, 0.15) is 42.2 Å². The number of aromatic amines is 1. The van der Waals surface area contributed by atoms with Crippen molar-refractivity contribution in [1.29, 1.82) is 0 Å². The SMILES string of the molecule is CCCCCc1ccc(C(=O)Nc2cccc3[nH]ccc23)nc1. The molecule has 118 valence electrons.